The van der Waals surface area contributed by atoms with Crippen molar-refractivity contribution in [2.75, 3.05) is 0 Å². The maximum Gasteiger partial charge on any atom is 0.325 e. The molecule has 1 aromatic rings. The smallest absolute Gasteiger partial charge is 0.323 e. The normalized spacial score (nSPS) is 27.7. The molecule has 1 aromatic carbocycles. The highest BCUT2D eigenvalue weighted by Crippen LogP contribution is 2.36. The second kappa shape index (κ2) is 5.91. The zero-order chi connectivity index (χ0) is 17.5. The van der Waals surface area contributed by atoms with Crippen LogP contribution in [0.15, 0.2) is 24.3 Å². The van der Waals surface area contributed by atoms with Gasteiger partial charge in [0.05, 0.1) is 6.54 Å². The van der Waals surface area contributed by atoms with Crippen molar-refractivity contribution < 1.29 is 9.59 Å². The Bertz CT molecular complexity index is 635. The Labute approximate surface area is 144 Å². The second-order valence-corrected chi connectivity index (χ2v) is 8.53. The molecule has 1 saturated heterocycles. The molecule has 1 aliphatic carbocycles. The SMILES string of the molecule is CC1CCC2(CC1)NC(=O)N(Cc1ccc(C(C)(C)C)cc1)C2=O. The number of benzene rings is 1. The average molecular weight is 328 g/mol. The number of hydrogen-bond donors (Lipinski definition) is 1. The largest absolute Gasteiger partial charge is 0.325 e. The molecule has 1 N–H and O–H groups in total. The second-order valence-electron chi connectivity index (χ2n) is 8.53. The number of rotatable bonds is 2. The molecule has 0 radical (unpaired) electrons. The first-order valence-electron chi connectivity index (χ1n) is 8.95. The van der Waals surface area contributed by atoms with Gasteiger partial charge < -0.3 is 5.32 Å². The maximum atomic E-state index is 12.9. The Balaban J connectivity index is 1.73. The predicted octanol–water partition coefficient (Wildman–Crippen LogP) is 3.98. The lowest BCUT2D eigenvalue weighted by atomic mass is 9.77. The molecule has 3 amide bonds. The summed E-state index contributed by atoms with van der Waals surface area (Å²) in [5.41, 5.74) is 1.70. The zero-order valence-electron chi connectivity index (χ0n) is 15.2. The van der Waals surface area contributed by atoms with Gasteiger partial charge in [-0.3, -0.25) is 9.69 Å². The third-order valence-corrected chi connectivity index (χ3v) is 5.53. The van der Waals surface area contributed by atoms with Gasteiger partial charge in [-0.25, -0.2) is 4.79 Å². The van der Waals surface area contributed by atoms with Crippen LogP contribution in [0.1, 0.15) is 64.5 Å². The molecule has 130 valence electrons. The third-order valence-electron chi connectivity index (χ3n) is 5.53. The molecule has 1 saturated carbocycles. The Morgan fingerprint density at radius 2 is 1.71 bits per heavy atom. The topological polar surface area (TPSA) is 49.4 Å². The van der Waals surface area contributed by atoms with E-state index in [-0.39, 0.29) is 17.4 Å². The lowest BCUT2D eigenvalue weighted by Gasteiger charge is -2.33. The number of nitrogens with one attached hydrogen (secondary N) is 1. The van der Waals surface area contributed by atoms with Crippen molar-refractivity contribution in [3.63, 3.8) is 0 Å². The molecule has 4 nitrogen and oxygen atoms in total. The molecule has 0 unspecified atom stereocenters. The summed E-state index contributed by atoms with van der Waals surface area (Å²) in [7, 11) is 0. The van der Waals surface area contributed by atoms with E-state index in [4.69, 9.17) is 0 Å². The van der Waals surface area contributed by atoms with Gasteiger partial charge >= 0.3 is 6.03 Å². The van der Waals surface area contributed by atoms with Crippen LogP contribution in [-0.4, -0.2) is 22.4 Å². The number of imide groups is 1. The molecule has 4 heteroatoms. The van der Waals surface area contributed by atoms with Gasteiger partial charge in [-0.2, -0.15) is 0 Å². The van der Waals surface area contributed by atoms with Crippen molar-refractivity contribution in [3.05, 3.63) is 35.4 Å². The van der Waals surface area contributed by atoms with Crippen molar-refractivity contribution in [1.82, 2.24) is 10.2 Å². The molecule has 0 aromatic heterocycles. The van der Waals surface area contributed by atoms with Crippen LogP contribution in [0.4, 0.5) is 4.79 Å². The summed E-state index contributed by atoms with van der Waals surface area (Å²) in [6.45, 7) is 9.09. The summed E-state index contributed by atoms with van der Waals surface area (Å²) in [6, 6.07) is 7.98. The fraction of sp³-hybridized carbons (Fsp3) is 0.600. The van der Waals surface area contributed by atoms with Crippen LogP contribution in [-0.2, 0) is 16.8 Å². The monoisotopic (exact) mass is 328 g/mol. The average Bonchev–Trinajstić information content (AvgIpc) is 2.75. The summed E-state index contributed by atoms with van der Waals surface area (Å²) in [6.07, 6.45) is 3.52. The minimum Gasteiger partial charge on any atom is -0.323 e. The van der Waals surface area contributed by atoms with E-state index >= 15 is 0 Å². The molecular formula is C20H28N2O2. The van der Waals surface area contributed by atoms with Gasteiger partial charge in [0.2, 0.25) is 0 Å². The quantitative estimate of drug-likeness (QED) is 0.835. The summed E-state index contributed by atoms with van der Waals surface area (Å²) in [5.74, 6) is 0.596. The number of carbonyl (C=O) groups excluding carboxylic acids is 2. The number of amides is 3. The number of carbonyl (C=O) groups is 2. The van der Waals surface area contributed by atoms with Gasteiger partial charge in [0.1, 0.15) is 5.54 Å². The number of urea groups is 1. The third kappa shape index (κ3) is 3.06. The van der Waals surface area contributed by atoms with Crippen LogP contribution < -0.4 is 5.32 Å². The Kier molecular flexibility index (Phi) is 4.18. The number of nitrogens with zero attached hydrogens (tertiary/aromatic N) is 1. The van der Waals surface area contributed by atoms with Crippen LogP contribution in [0.3, 0.4) is 0 Å². The lowest BCUT2D eigenvalue weighted by molar-refractivity contribution is -0.133. The molecule has 1 aliphatic heterocycles. The molecule has 24 heavy (non-hydrogen) atoms. The fourth-order valence-electron chi connectivity index (χ4n) is 3.71. The van der Waals surface area contributed by atoms with Crippen LogP contribution in [0, 0.1) is 5.92 Å². The maximum absolute atomic E-state index is 12.9. The summed E-state index contributed by atoms with van der Waals surface area (Å²) < 4.78 is 0. The first-order valence-corrected chi connectivity index (χ1v) is 8.95. The van der Waals surface area contributed by atoms with Gasteiger partial charge in [-0.15, -0.1) is 0 Å². The van der Waals surface area contributed by atoms with E-state index in [2.05, 4.69) is 45.1 Å². The van der Waals surface area contributed by atoms with E-state index in [1.165, 1.54) is 10.5 Å². The van der Waals surface area contributed by atoms with E-state index in [1.54, 1.807) is 0 Å². The van der Waals surface area contributed by atoms with Crippen molar-refractivity contribution in [3.8, 4) is 0 Å². The minimum absolute atomic E-state index is 0.0423. The van der Waals surface area contributed by atoms with E-state index in [0.717, 1.165) is 31.2 Å². The lowest BCUT2D eigenvalue weighted by Crippen LogP contribution is -2.49. The molecule has 2 aliphatic rings. The summed E-state index contributed by atoms with van der Waals surface area (Å²) >= 11 is 0. The van der Waals surface area contributed by atoms with Crippen LogP contribution in [0.25, 0.3) is 0 Å². The summed E-state index contributed by atoms with van der Waals surface area (Å²) in [4.78, 5) is 26.6. The highest BCUT2D eigenvalue weighted by molar-refractivity contribution is 6.07. The van der Waals surface area contributed by atoms with Crippen molar-refractivity contribution >= 4 is 11.9 Å². The summed E-state index contributed by atoms with van der Waals surface area (Å²) in [5, 5.41) is 2.98. The number of hydrogen-bond acceptors (Lipinski definition) is 2. The van der Waals surface area contributed by atoms with Crippen LogP contribution >= 0.6 is 0 Å². The van der Waals surface area contributed by atoms with Gasteiger partial charge in [0, 0.05) is 0 Å². The van der Waals surface area contributed by atoms with Crippen LogP contribution in [0.5, 0.6) is 0 Å². The molecule has 1 heterocycles. The Morgan fingerprint density at radius 1 is 1.12 bits per heavy atom. The molecule has 1 spiro atoms. The van der Waals surface area contributed by atoms with Crippen LogP contribution in [0.2, 0.25) is 0 Å². The van der Waals surface area contributed by atoms with E-state index in [9.17, 15) is 9.59 Å². The standard InChI is InChI=1S/C20H28N2O2/c1-14-9-11-20(12-10-14)17(23)22(18(24)21-20)13-15-5-7-16(8-6-15)19(2,3)4/h5-8,14H,9-13H2,1-4H3,(H,21,24). The molecular weight excluding hydrogens is 300 g/mol. The van der Waals surface area contributed by atoms with Crippen molar-refractivity contribution in [1.29, 1.82) is 0 Å². The first-order chi connectivity index (χ1) is 11.2. The molecule has 0 atom stereocenters. The molecule has 0 bridgehead atoms. The highest BCUT2D eigenvalue weighted by atomic mass is 16.2. The molecule has 2 fully saturated rings. The zero-order valence-corrected chi connectivity index (χ0v) is 15.2. The van der Waals surface area contributed by atoms with E-state index in [1.807, 2.05) is 12.1 Å². The minimum atomic E-state index is -0.644. The van der Waals surface area contributed by atoms with Gasteiger partial charge in [0.25, 0.3) is 5.91 Å². The Morgan fingerprint density at radius 3 is 2.25 bits per heavy atom. The van der Waals surface area contributed by atoms with E-state index < -0.39 is 5.54 Å². The predicted molar refractivity (Wildman–Crippen MR) is 94.6 cm³/mol. The Hall–Kier alpha value is -1.84. The van der Waals surface area contributed by atoms with Gasteiger partial charge in [-0.05, 0) is 48.1 Å². The van der Waals surface area contributed by atoms with Gasteiger partial charge in [-0.1, -0.05) is 52.0 Å². The fourth-order valence-corrected chi connectivity index (χ4v) is 3.71. The van der Waals surface area contributed by atoms with Crippen molar-refractivity contribution in [2.24, 2.45) is 5.92 Å². The van der Waals surface area contributed by atoms with E-state index in [0.29, 0.717) is 12.5 Å². The highest BCUT2D eigenvalue weighted by Gasteiger charge is 2.51. The van der Waals surface area contributed by atoms with Crippen molar-refractivity contribution in [2.45, 2.75) is 70.9 Å². The van der Waals surface area contributed by atoms with Gasteiger partial charge in [0.15, 0.2) is 0 Å². The first kappa shape index (κ1) is 17.0. The molecule has 3 rings (SSSR count).